The number of carbonyl (C=O) groups excluding carboxylic acids is 1. The maximum atomic E-state index is 12.3. The van der Waals surface area contributed by atoms with E-state index in [0.29, 0.717) is 27.9 Å². The lowest BCUT2D eigenvalue weighted by Crippen LogP contribution is -2.11. The third kappa shape index (κ3) is 4.59. The second-order valence-electron chi connectivity index (χ2n) is 6.34. The third-order valence-electron chi connectivity index (χ3n) is 4.13. The van der Waals surface area contributed by atoms with Crippen LogP contribution in [-0.4, -0.2) is 25.9 Å². The summed E-state index contributed by atoms with van der Waals surface area (Å²) in [5.74, 6) is 1.05. The van der Waals surface area contributed by atoms with Crippen molar-refractivity contribution in [3.05, 3.63) is 89.2 Å². The summed E-state index contributed by atoms with van der Waals surface area (Å²) in [5, 5.41) is 19.3. The van der Waals surface area contributed by atoms with Crippen LogP contribution in [0.2, 0.25) is 5.02 Å². The molecule has 0 bridgehead atoms. The number of hydrogen-bond acceptors (Lipinski definition) is 5. The molecule has 0 aliphatic heterocycles. The van der Waals surface area contributed by atoms with Crippen LogP contribution in [0.3, 0.4) is 0 Å². The second-order valence-corrected chi connectivity index (χ2v) is 6.78. The Bertz CT molecular complexity index is 1120. The van der Waals surface area contributed by atoms with Gasteiger partial charge in [-0.1, -0.05) is 11.6 Å². The molecular formula is C21H17ClN6O. The molecule has 0 saturated carbocycles. The summed E-state index contributed by atoms with van der Waals surface area (Å²) >= 11 is 5.85. The minimum Gasteiger partial charge on any atom is -0.339 e. The number of rotatable bonds is 5. The van der Waals surface area contributed by atoms with Gasteiger partial charge in [-0.05, 0) is 73.7 Å². The van der Waals surface area contributed by atoms with Crippen molar-refractivity contribution in [1.29, 1.82) is 0 Å². The molecule has 29 heavy (non-hydrogen) atoms. The Morgan fingerprint density at radius 2 is 1.62 bits per heavy atom. The lowest BCUT2D eigenvalue weighted by molar-refractivity contribution is 0.102. The van der Waals surface area contributed by atoms with Crippen LogP contribution < -0.4 is 10.6 Å². The monoisotopic (exact) mass is 404 g/mol. The van der Waals surface area contributed by atoms with E-state index < -0.39 is 0 Å². The van der Waals surface area contributed by atoms with Crippen molar-refractivity contribution in [2.45, 2.75) is 6.92 Å². The van der Waals surface area contributed by atoms with Crippen molar-refractivity contribution in [1.82, 2.24) is 20.0 Å². The van der Waals surface area contributed by atoms with Gasteiger partial charge in [-0.25, -0.2) is 4.68 Å². The topological polar surface area (TPSA) is 84.7 Å². The molecule has 8 heteroatoms. The molecule has 2 aromatic heterocycles. The van der Waals surface area contributed by atoms with E-state index >= 15 is 0 Å². The van der Waals surface area contributed by atoms with Crippen LogP contribution >= 0.6 is 11.6 Å². The number of aromatic nitrogens is 4. The molecule has 0 saturated heterocycles. The van der Waals surface area contributed by atoms with Crippen LogP contribution in [0.5, 0.6) is 0 Å². The molecule has 7 nitrogen and oxygen atoms in total. The smallest absolute Gasteiger partial charge is 0.255 e. The third-order valence-corrected chi connectivity index (χ3v) is 4.38. The van der Waals surface area contributed by atoms with E-state index in [1.54, 1.807) is 28.9 Å². The number of aryl methyl sites for hydroxylation is 1. The number of carbonyl (C=O) groups is 1. The Labute approximate surface area is 172 Å². The first-order chi connectivity index (χ1) is 14.1. The first-order valence-corrected chi connectivity index (χ1v) is 9.25. The van der Waals surface area contributed by atoms with E-state index in [4.69, 9.17) is 11.6 Å². The van der Waals surface area contributed by atoms with E-state index in [1.165, 1.54) is 0 Å². The van der Waals surface area contributed by atoms with Gasteiger partial charge in [0, 0.05) is 28.2 Å². The average Bonchev–Trinajstić information content (AvgIpc) is 3.17. The zero-order chi connectivity index (χ0) is 20.2. The molecule has 2 heterocycles. The first kappa shape index (κ1) is 18.6. The molecular weight excluding hydrogens is 388 g/mol. The van der Waals surface area contributed by atoms with Gasteiger partial charge in [0.1, 0.15) is 0 Å². The standard InChI is InChI=1S/C21H17ClN6O/c1-14-12-13-28(27-14)20-11-10-19(25-26-20)23-17-6-8-18(9-7-17)24-21(29)15-2-4-16(22)5-3-15/h2-13H,1H3,(H,23,25)(H,24,29). The Morgan fingerprint density at radius 1 is 0.897 bits per heavy atom. The van der Waals surface area contributed by atoms with Crippen LogP contribution in [-0.2, 0) is 0 Å². The summed E-state index contributed by atoms with van der Waals surface area (Å²) in [6.45, 7) is 1.92. The fourth-order valence-electron chi connectivity index (χ4n) is 2.65. The summed E-state index contributed by atoms with van der Waals surface area (Å²) in [5.41, 5.74) is 2.97. The van der Waals surface area contributed by atoms with E-state index in [2.05, 4.69) is 25.9 Å². The Morgan fingerprint density at radius 3 is 2.24 bits per heavy atom. The lowest BCUT2D eigenvalue weighted by atomic mass is 10.2. The van der Waals surface area contributed by atoms with Crippen LogP contribution in [0.1, 0.15) is 16.1 Å². The van der Waals surface area contributed by atoms with Crippen molar-refractivity contribution in [2.75, 3.05) is 10.6 Å². The second kappa shape index (κ2) is 8.12. The SMILES string of the molecule is Cc1ccn(-c2ccc(Nc3ccc(NC(=O)c4ccc(Cl)cc4)cc3)nn2)n1. The van der Waals surface area contributed by atoms with Crippen LogP contribution in [0.4, 0.5) is 17.2 Å². The van der Waals surface area contributed by atoms with Gasteiger partial charge in [-0.15, -0.1) is 10.2 Å². The highest BCUT2D eigenvalue weighted by molar-refractivity contribution is 6.30. The lowest BCUT2D eigenvalue weighted by Gasteiger charge is -2.08. The van der Waals surface area contributed by atoms with Gasteiger partial charge >= 0.3 is 0 Å². The fourth-order valence-corrected chi connectivity index (χ4v) is 2.77. The number of benzene rings is 2. The van der Waals surface area contributed by atoms with Gasteiger partial charge < -0.3 is 10.6 Å². The molecule has 0 spiro atoms. The molecule has 4 rings (SSSR count). The molecule has 0 radical (unpaired) electrons. The Hall–Kier alpha value is -3.71. The molecule has 4 aromatic rings. The molecule has 2 aromatic carbocycles. The van der Waals surface area contributed by atoms with Crippen LogP contribution in [0, 0.1) is 6.92 Å². The summed E-state index contributed by atoms with van der Waals surface area (Å²) in [6, 6.07) is 19.6. The highest BCUT2D eigenvalue weighted by Crippen LogP contribution is 2.19. The number of nitrogens with one attached hydrogen (secondary N) is 2. The molecule has 2 N–H and O–H groups in total. The maximum Gasteiger partial charge on any atom is 0.255 e. The molecule has 1 amide bonds. The molecule has 0 aliphatic rings. The highest BCUT2D eigenvalue weighted by atomic mass is 35.5. The van der Waals surface area contributed by atoms with Crippen molar-refractivity contribution in [2.24, 2.45) is 0 Å². The Balaban J connectivity index is 1.39. The normalized spacial score (nSPS) is 10.6. The largest absolute Gasteiger partial charge is 0.339 e. The number of anilines is 3. The molecule has 0 unspecified atom stereocenters. The summed E-state index contributed by atoms with van der Waals surface area (Å²) in [6.07, 6.45) is 1.84. The fraction of sp³-hybridized carbons (Fsp3) is 0.0476. The zero-order valence-corrected chi connectivity index (χ0v) is 16.3. The van der Waals surface area contributed by atoms with Crippen molar-refractivity contribution in [3.63, 3.8) is 0 Å². The quantitative estimate of drug-likeness (QED) is 0.507. The number of hydrogen-bond donors (Lipinski definition) is 2. The minimum absolute atomic E-state index is 0.197. The number of amides is 1. The predicted octanol–water partition coefficient (Wildman–Crippen LogP) is 4.62. The van der Waals surface area contributed by atoms with Gasteiger partial charge in [0.2, 0.25) is 0 Å². The minimum atomic E-state index is -0.197. The van der Waals surface area contributed by atoms with E-state index in [0.717, 1.165) is 11.4 Å². The highest BCUT2D eigenvalue weighted by Gasteiger charge is 2.06. The van der Waals surface area contributed by atoms with E-state index in [1.807, 2.05) is 55.6 Å². The van der Waals surface area contributed by atoms with Crippen molar-refractivity contribution in [3.8, 4) is 5.82 Å². The van der Waals surface area contributed by atoms with Crippen molar-refractivity contribution < 1.29 is 4.79 Å². The van der Waals surface area contributed by atoms with Crippen LogP contribution in [0.25, 0.3) is 5.82 Å². The van der Waals surface area contributed by atoms with Crippen LogP contribution in [0.15, 0.2) is 72.9 Å². The number of nitrogens with zero attached hydrogens (tertiary/aromatic N) is 4. The molecule has 144 valence electrons. The van der Waals surface area contributed by atoms with E-state index in [-0.39, 0.29) is 5.91 Å². The van der Waals surface area contributed by atoms with Gasteiger partial charge in [0.25, 0.3) is 5.91 Å². The van der Waals surface area contributed by atoms with Gasteiger partial charge in [0.15, 0.2) is 11.6 Å². The molecule has 0 atom stereocenters. The van der Waals surface area contributed by atoms with Crippen molar-refractivity contribution >= 4 is 34.7 Å². The first-order valence-electron chi connectivity index (χ1n) is 8.87. The summed E-state index contributed by atoms with van der Waals surface area (Å²) in [7, 11) is 0. The van der Waals surface area contributed by atoms with Gasteiger partial charge in [-0.3, -0.25) is 4.79 Å². The summed E-state index contributed by atoms with van der Waals surface area (Å²) < 4.78 is 1.67. The predicted molar refractivity (Wildman–Crippen MR) is 113 cm³/mol. The van der Waals surface area contributed by atoms with E-state index in [9.17, 15) is 4.79 Å². The number of halogens is 1. The zero-order valence-electron chi connectivity index (χ0n) is 15.5. The molecule has 0 fully saturated rings. The molecule has 0 aliphatic carbocycles. The Kier molecular flexibility index (Phi) is 5.22. The van der Waals surface area contributed by atoms with Gasteiger partial charge in [-0.2, -0.15) is 5.10 Å². The maximum absolute atomic E-state index is 12.3. The summed E-state index contributed by atoms with van der Waals surface area (Å²) in [4.78, 5) is 12.3. The van der Waals surface area contributed by atoms with Gasteiger partial charge in [0.05, 0.1) is 5.69 Å². The average molecular weight is 405 g/mol.